The molecule has 1 fully saturated rings. The second kappa shape index (κ2) is 4.64. The van der Waals surface area contributed by atoms with Gasteiger partial charge in [0.25, 0.3) is 0 Å². The standard InChI is InChI=1S/C11H19NO3/c1-7(2)5-10(13)12-9(8(3)4)6-15-11(12)14/h7-9H,5-6H2,1-4H3. The quantitative estimate of drug-likeness (QED) is 0.720. The van der Waals surface area contributed by atoms with E-state index >= 15 is 0 Å². The van der Waals surface area contributed by atoms with Gasteiger partial charge >= 0.3 is 6.09 Å². The van der Waals surface area contributed by atoms with E-state index < -0.39 is 6.09 Å². The molecule has 1 atom stereocenters. The van der Waals surface area contributed by atoms with Crippen LogP contribution in [0.15, 0.2) is 0 Å². The lowest BCUT2D eigenvalue weighted by molar-refractivity contribution is -0.130. The van der Waals surface area contributed by atoms with Crippen LogP contribution in [0.4, 0.5) is 4.79 Å². The Morgan fingerprint density at radius 1 is 1.47 bits per heavy atom. The average molecular weight is 213 g/mol. The summed E-state index contributed by atoms with van der Waals surface area (Å²) in [5.74, 6) is 0.387. The molecule has 0 radical (unpaired) electrons. The Labute approximate surface area is 90.6 Å². The van der Waals surface area contributed by atoms with Crippen molar-refractivity contribution in [1.82, 2.24) is 4.90 Å². The highest BCUT2D eigenvalue weighted by atomic mass is 16.6. The number of ether oxygens (including phenoxy) is 1. The van der Waals surface area contributed by atoms with Crippen molar-refractivity contribution in [2.45, 2.75) is 40.2 Å². The smallest absolute Gasteiger partial charge is 0.416 e. The molecule has 0 aromatic carbocycles. The van der Waals surface area contributed by atoms with Crippen molar-refractivity contribution in [2.75, 3.05) is 6.61 Å². The molecule has 0 spiro atoms. The summed E-state index contributed by atoms with van der Waals surface area (Å²) in [5.41, 5.74) is 0. The van der Waals surface area contributed by atoms with Crippen LogP contribution in [0.1, 0.15) is 34.1 Å². The molecule has 15 heavy (non-hydrogen) atoms. The molecule has 0 aliphatic carbocycles. The van der Waals surface area contributed by atoms with E-state index in [1.165, 1.54) is 4.90 Å². The number of carbonyl (C=O) groups is 2. The fourth-order valence-electron chi connectivity index (χ4n) is 1.66. The molecule has 1 heterocycles. The first-order valence-electron chi connectivity index (χ1n) is 5.42. The van der Waals surface area contributed by atoms with E-state index in [1.807, 2.05) is 27.7 Å². The van der Waals surface area contributed by atoms with Crippen molar-refractivity contribution in [3.8, 4) is 0 Å². The van der Waals surface area contributed by atoms with E-state index in [9.17, 15) is 9.59 Å². The van der Waals surface area contributed by atoms with Gasteiger partial charge in [0.1, 0.15) is 6.61 Å². The van der Waals surface area contributed by atoms with Crippen LogP contribution in [0.25, 0.3) is 0 Å². The Balaban J connectivity index is 2.71. The van der Waals surface area contributed by atoms with Crippen LogP contribution < -0.4 is 0 Å². The Hall–Kier alpha value is -1.06. The zero-order valence-electron chi connectivity index (χ0n) is 9.82. The van der Waals surface area contributed by atoms with Crippen LogP contribution in [0.2, 0.25) is 0 Å². The summed E-state index contributed by atoms with van der Waals surface area (Å²) in [6, 6.07) is -0.0938. The van der Waals surface area contributed by atoms with Crippen LogP contribution in [-0.4, -0.2) is 29.5 Å². The molecule has 4 nitrogen and oxygen atoms in total. The number of cyclic esters (lactones) is 1. The summed E-state index contributed by atoms with van der Waals surface area (Å²) in [6.07, 6.45) is -0.0856. The molecule has 0 bridgehead atoms. The summed E-state index contributed by atoms with van der Waals surface area (Å²) in [7, 11) is 0. The molecule has 4 heteroatoms. The third kappa shape index (κ3) is 2.70. The summed E-state index contributed by atoms with van der Waals surface area (Å²) in [4.78, 5) is 24.5. The first kappa shape index (κ1) is 12.0. The Kier molecular flexibility index (Phi) is 3.72. The number of nitrogens with zero attached hydrogens (tertiary/aromatic N) is 1. The van der Waals surface area contributed by atoms with E-state index in [1.54, 1.807) is 0 Å². The number of hydrogen-bond donors (Lipinski definition) is 0. The molecular weight excluding hydrogens is 194 g/mol. The van der Waals surface area contributed by atoms with Crippen molar-refractivity contribution in [2.24, 2.45) is 11.8 Å². The molecule has 86 valence electrons. The minimum atomic E-state index is -0.487. The monoisotopic (exact) mass is 213 g/mol. The lowest BCUT2D eigenvalue weighted by Gasteiger charge is -2.23. The van der Waals surface area contributed by atoms with Gasteiger partial charge in [-0.2, -0.15) is 0 Å². The van der Waals surface area contributed by atoms with E-state index in [4.69, 9.17) is 4.74 Å². The van der Waals surface area contributed by atoms with Crippen LogP contribution in [0.3, 0.4) is 0 Å². The summed E-state index contributed by atoms with van der Waals surface area (Å²) in [6.45, 7) is 8.23. The third-order valence-electron chi connectivity index (χ3n) is 2.53. The van der Waals surface area contributed by atoms with Gasteiger partial charge in [-0.1, -0.05) is 27.7 Å². The van der Waals surface area contributed by atoms with Crippen LogP contribution in [-0.2, 0) is 9.53 Å². The van der Waals surface area contributed by atoms with Gasteiger partial charge in [-0.3, -0.25) is 4.79 Å². The van der Waals surface area contributed by atoms with E-state index in [0.717, 1.165) is 0 Å². The lowest BCUT2D eigenvalue weighted by Crippen LogP contribution is -2.42. The first-order chi connectivity index (χ1) is 6.93. The molecule has 1 unspecified atom stereocenters. The van der Waals surface area contributed by atoms with E-state index in [-0.39, 0.29) is 23.8 Å². The molecule has 0 aromatic rings. The summed E-state index contributed by atoms with van der Waals surface area (Å²) in [5, 5.41) is 0. The second-order valence-electron chi connectivity index (χ2n) is 4.75. The highest BCUT2D eigenvalue weighted by Gasteiger charge is 2.39. The molecular formula is C11H19NO3. The molecule has 1 saturated heterocycles. The fraction of sp³-hybridized carbons (Fsp3) is 0.818. The van der Waals surface area contributed by atoms with Gasteiger partial charge in [0.15, 0.2) is 0 Å². The summed E-state index contributed by atoms with van der Waals surface area (Å²) >= 11 is 0. The van der Waals surface area contributed by atoms with Gasteiger partial charge in [0.2, 0.25) is 5.91 Å². The predicted molar refractivity (Wildman–Crippen MR) is 56.3 cm³/mol. The fourth-order valence-corrected chi connectivity index (χ4v) is 1.66. The highest BCUT2D eigenvalue weighted by Crippen LogP contribution is 2.21. The van der Waals surface area contributed by atoms with Gasteiger partial charge in [-0.25, -0.2) is 9.69 Å². The van der Waals surface area contributed by atoms with Gasteiger partial charge in [0, 0.05) is 6.42 Å². The largest absolute Gasteiger partial charge is 0.447 e. The van der Waals surface area contributed by atoms with Crippen molar-refractivity contribution < 1.29 is 14.3 Å². The zero-order valence-corrected chi connectivity index (χ0v) is 9.82. The summed E-state index contributed by atoms with van der Waals surface area (Å²) < 4.78 is 4.91. The Morgan fingerprint density at radius 3 is 2.53 bits per heavy atom. The number of amides is 2. The topological polar surface area (TPSA) is 46.6 Å². The van der Waals surface area contributed by atoms with Gasteiger partial charge < -0.3 is 4.74 Å². The van der Waals surface area contributed by atoms with Crippen LogP contribution in [0.5, 0.6) is 0 Å². The van der Waals surface area contributed by atoms with E-state index in [2.05, 4.69) is 0 Å². The van der Waals surface area contributed by atoms with Crippen LogP contribution in [0, 0.1) is 11.8 Å². The number of hydrogen-bond acceptors (Lipinski definition) is 3. The lowest BCUT2D eigenvalue weighted by atomic mass is 10.0. The molecule has 2 amide bonds. The minimum Gasteiger partial charge on any atom is -0.447 e. The Morgan fingerprint density at radius 2 is 2.07 bits per heavy atom. The maximum absolute atomic E-state index is 11.8. The number of rotatable bonds is 3. The van der Waals surface area contributed by atoms with E-state index in [0.29, 0.717) is 13.0 Å². The molecule has 1 aliphatic rings. The van der Waals surface area contributed by atoms with Crippen molar-refractivity contribution in [1.29, 1.82) is 0 Å². The first-order valence-corrected chi connectivity index (χ1v) is 5.42. The number of carbonyl (C=O) groups excluding carboxylic acids is 2. The molecule has 0 aromatic heterocycles. The zero-order chi connectivity index (χ0) is 11.6. The average Bonchev–Trinajstić information content (AvgIpc) is 2.45. The predicted octanol–water partition coefficient (Wildman–Crippen LogP) is 2.04. The second-order valence-corrected chi connectivity index (χ2v) is 4.75. The SMILES string of the molecule is CC(C)CC(=O)N1C(=O)OCC1C(C)C. The van der Waals surface area contributed by atoms with Crippen molar-refractivity contribution in [3.63, 3.8) is 0 Å². The normalized spacial score (nSPS) is 21.3. The van der Waals surface area contributed by atoms with Crippen molar-refractivity contribution in [3.05, 3.63) is 0 Å². The number of imide groups is 1. The van der Waals surface area contributed by atoms with Crippen molar-refractivity contribution >= 4 is 12.0 Å². The van der Waals surface area contributed by atoms with Crippen LogP contribution >= 0.6 is 0 Å². The van der Waals surface area contributed by atoms with Gasteiger partial charge in [-0.15, -0.1) is 0 Å². The maximum atomic E-state index is 11.8. The Bertz CT molecular complexity index is 261. The molecule has 1 rings (SSSR count). The molecule has 0 N–H and O–H groups in total. The van der Waals surface area contributed by atoms with Gasteiger partial charge in [-0.05, 0) is 11.8 Å². The highest BCUT2D eigenvalue weighted by molar-refractivity contribution is 5.93. The minimum absolute atomic E-state index is 0.0938. The van der Waals surface area contributed by atoms with Gasteiger partial charge in [0.05, 0.1) is 6.04 Å². The molecule has 0 saturated carbocycles. The maximum Gasteiger partial charge on any atom is 0.416 e. The molecule has 1 aliphatic heterocycles. The third-order valence-corrected chi connectivity index (χ3v) is 2.53.